The van der Waals surface area contributed by atoms with Crippen molar-refractivity contribution in [2.24, 2.45) is 5.84 Å². The highest BCUT2D eigenvalue weighted by molar-refractivity contribution is 5.28. The molecule has 0 saturated carbocycles. The highest BCUT2D eigenvalue weighted by Crippen LogP contribution is 2.24. The van der Waals surface area contributed by atoms with E-state index in [9.17, 15) is 8.78 Å². The molecule has 1 heterocycles. The van der Waals surface area contributed by atoms with Crippen molar-refractivity contribution in [2.75, 3.05) is 0 Å². The maximum absolute atomic E-state index is 13.9. The summed E-state index contributed by atoms with van der Waals surface area (Å²) in [5.41, 5.74) is 3.96. The van der Waals surface area contributed by atoms with Crippen LogP contribution in [0.5, 0.6) is 0 Å². The maximum Gasteiger partial charge on any atom is 0.163 e. The summed E-state index contributed by atoms with van der Waals surface area (Å²) in [6, 6.07) is 8.28. The van der Waals surface area contributed by atoms with Crippen molar-refractivity contribution in [1.82, 2.24) is 10.4 Å². The van der Waals surface area contributed by atoms with Gasteiger partial charge in [-0.3, -0.25) is 16.3 Å². The highest BCUT2D eigenvalue weighted by atomic mass is 19.2. The lowest BCUT2D eigenvalue weighted by Crippen LogP contribution is -2.29. The van der Waals surface area contributed by atoms with E-state index in [0.717, 1.165) is 5.69 Å². The fraction of sp³-hybridized carbons (Fsp3) is 0.267. The summed E-state index contributed by atoms with van der Waals surface area (Å²) in [6.07, 6.45) is 2.86. The molecule has 0 radical (unpaired) electrons. The van der Waals surface area contributed by atoms with Crippen molar-refractivity contribution in [3.63, 3.8) is 0 Å². The molecule has 5 heteroatoms. The van der Waals surface area contributed by atoms with E-state index in [1.165, 1.54) is 6.92 Å². The quantitative estimate of drug-likeness (QED) is 0.652. The fourth-order valence-corrected chi connectivity index (χ4v) is 2.10. The topological polar surface area (TPSA) is 50.9 Å². The molecule has 0 aliphatic carbocycles. The second kappa shape index (κ2) is 6.54. The van der Waals surface area contributed by atoms with Crippen LogP contribution in [0.1, 0.15) is 29.3 Å². The molecule has 0 saturated heterocycles. The van der Waals surface area contributed by atoms with Gasteiger partial charge >= 0.3 is 0 Å². The predicted molar refractivity (Wildman–Crippen MR) is 73.7 cm³/mol. The Morgan fingerprint density at radius 3 is 2.65 bits per heavy atom. The highest BCUT2D eigenvalue weighted by Gasteiger charge is 2.18. The number of nitrogens with two attached hydrogens (primary N) is 1. The van der Waals surface area contributed by atoms with Crippen LogP contribution in [0.25, 0.3) is 0 Å². The van der Waals surface area contributed by atoms with E-state index < -0.39 is 17.7 Å². The number of pyridine rings is 1. The molecule has 0 bridgehead atoms. The zero-order valence-electron chi connectivity index (χ0n) is 11.2. The number of nitrogens with zero attached hydrogens (tertiary/aromatic N) is 1. The minimum absolute atomic E-state index is 0.242. The van der Waals surface area contributed by atoms with Crippen LogP contribution >= 0.6 is 0 Å². The second-order valence-corrected chi connectivity index (χ2v) is 4.68. The van der Waals surface area contributed by atoms with E-state index in [1.807, 2.05) is 18.2 Å². The molecule has 3 N–H and O–H groups in total. The second-order valence-electron chi connectivity index (χ2n) is 4.68. The van der Waals surface area contributed by atoms with Gasteiger partial charge in [-0.05, 0) is 37.5 Å². The average molecular weight is 277 g/mol. The van der Waals surface area contributed by atoms with Crippen molar-refractivity contribution >= 4 is 0 Å². The largest absolute Gasteiger partial charge is 0.271 e. The van der Waals surface area contributed by atoms with Crippen LogP contribution in [0.2, 0.25) is 0 Å². The Morgan fingerprint density at radius 2 is 2.00 bits per heavy atom. The third-order valence-electron chi connectivity index (χ3n) is 3.30. The molecule has 3 nitrogen and oxygen atoms in total. The van der Waals surface area contributed by atoms with Gasteiger partial charge in [-0.25, -0.2) is 8.78 Å². The Bertz CT molecular complexity index is 573. The molecule has 20 heavy (non-hydrogen) atoms. The molecule has 2 rings (SSSR count). The van der Waals surface area contributed by atoms with Crippen molar-refractivity contribution < 1.29 is 8.78 Å². The van der Waals surface area contributed by atoms with Crippen LogP contribution in [-0.4, -0.2) is 4.98 Å². The summed E-state index contributed by atoms with van der Waals surface area (Å²) >= 11 is 0. The molecule has 0 amide bonds. The third-order valence-corrected chi connectivity index (χ3v) is 3.30. The predicted octanol–water partition coefficient (Wildman–Crippen LogP) is 2.81. The summed E-state index contributed by atoms with van der Waals surface area (Å²) in [4.78, 5) is 4.20. The van der Waals surface area contributed by atoms with E-state index in [-0.39, 0.29) is 11.1 Å². The Balaban J connectivity index is 2.15. The third kappa shape index (κ3) is 3.18. The van der Waals surface area contributed by atoms with Gasteiger partial charge in [0.1, 0.15) is 0 Å². The van der Waals surface area contributed by atoms with Crippen molar-refractivity contribution in [1.29, 1.82) is 0 Å². The molecule has 1 aromatic heterocycles. The molecule has 2 aromatic rings. The Hall–Kier alpha value is -1.85. The van der Waals surface area contributed by atoms with Crippen molar-refractivity contribution in [3.05, 3.63) is 65.0 Å². The van der Waals surface area contributed by atoms with Crippen LogP contribution in [0.4, 0.5) is 8.78 Å². The lowest BCUT2D eigenvalue weighted by molar-refractivity contribution is 0.448. The van der Waals surface area contributed by atoms with Gasteiger partial charge < -0.3 is 0 Å². The summed E-state index contributed by atoms with van der Waals surface area (Å²) in [5.74, 6) is 3.81. The van der Waals surface area contributed by atoms with Crippen LogP contribution in [0.15, 0.2) is 36.5 Å². The zero-order valence-corrected chi connectivity index (χ0v) is 11.2. The summed E-state index contributed by atoms with van der Waals surface area (Å²) < 4.78 is 27.5. The molecule has 0 fully saturated rings. The molecule has 1 atom stereocenters. The Labute approximate surface area is 116 Å². The lowest BCUT2D eigenvalue weighted by atomic mass is 9.99. The van der Waals surface area contributed by atoms with Gasteiger partial charge in [-0.1, -0.05) is 18.2 Å². The molecular formula is C15H17F2N3. The number of hydrazine groups is 1. The smallest absolute Gasteiger partial charge is 0.163 e. The van der Waals surface area contributed by atoms with E-state index in [2.05, 4.69) is 10.4 Å². The molecule has 0 spiro atoms. The number of aryl methyl sites for hydroxylation is 2. The number of benzene rings is 1. The van der Waals surface area contributed by atoms with Gasteiger partial charge in [0.25, 0.3) is 0 Å². The molecule has 0 aliphatic rings. The standard InChI is InChI=1S/C15H17F2N3/c1-10-5-7-12(15(17)14(10)16)13(20-18)8-6-11-4-2-3-9-19-11/h2-5,7,9,13,20H,6,8,18H2,1H3. The number of halogens is 2. The van der Waals surface area contributed by atoms with Crippen LogP contribution in [0.3, 0.4) is 0 Å². The average Bonchev–Trinajstić information content (AvgIpc) is 2.48. The Kier molecular flexibility index (Phi) is 4.76. The van der Waals surface area contributed by atoms with Gasteiger partial charge in [0, 0.05) is 23.5 Å². The van der Waals surface area contributed by atoms with Crippen LogP contribution in [-0.2, 0) is 6.42 Å². The van der Waals surface area contributed by atoms with E-state index >= 15 is 0 Å². The summed E-state index contributed by atoms with van der Waals surface area (Å²) in [6.45, 7) is 1.53. The molecular weight excluding hydrogens is 260 g/mol. The summed E-state index contributed by atoms with van der Waals surface area (Å²) in [5, 5.41) is 0. The molecule has 106 valence electrons. The molecule has 0 aliphatic heterocycles. The van der Waals surface area contributed by atoms with Crippen LogP contribution < -0.4 is 11.3 Å². The fourth-order valence-electron chi connectivity index (χ4n) is 2.10. The minimum atomic E-state index is -0.839. The van der Waals surface area contributed by atoms with Gasteiger partial charge in [-0.2, -0.15) is 0 Å². The van der Waals surface area contributed by atoms with E-state index in [4.69, 9.17) is 5.84 Å². The van der Waals surface area contributed by atoms with Gasteiger partial charge in [0.15, 0.2) is 11.6 Å². The van der Waals surface area contributed by atoms with E-state index in [0.29, 0.717) is 12.8 Å². The van der Waals surface area contributed by atoms with Crippen molar-refractivity contribution in [2.45, 2.75) is 25.8 Å². The first-order valence-electron chi connectivity index (χ1n) is 6.44. The number of rotatable bonds is 5. The first kappa shape index (κ1) is 14.6. The van der Waals surface area contributed by atoms with Gasteiger partial charge in [-0.15, -0.1) is 0 Å². The number of nitrogens with one attached hydrogen (secondary N) is 1. The van der Waals surface area contributed by atoms with Gasteiger partial charge in [0.05, 0.1) is 0 Å². The van der Waals surface area contributed by atoms with E-state index in [1.54, 1.807) is 18.3 Å². The lowest BCUT2D eigenvalue weighted by Gasteiger charge is -2.17. The molecule has 1 aromatic carbocycles. The number of hydrogen-bond donors (Lipinski definition) is 2. The number of hydrogen-bond acceptors (Lipinski definition) is 3. The van der Waals surface area contributed by atoms with Crippen molar-refractivity contribution in [3.8, 4) is 0 Å². The summed E-state index contributed by atoms with van der Waals surface area (Å²) in [7, 11) is 0. The first-order chi connectivity index (χ1) is 9.63. The van der Waals surface area contributed by atoms with Gasteiger partial charge in [0.2, 0.25) is 0 Å². The number of aromatic nitrogens is 1. The van der Waals surface area contributed by atoms with Crippen LogP contribution in [0, 0.1) is 18.6 Å². The zero-order chi connectivity index (χ0) is 14.5. The Morgan fingerprint density at radius 1 is 1.20 bits per heavy atom. The first-order valence-corrected chi connectivity index (χ1v) is 6.44. The molecule has 1 unspecified atom stereocenters. The normalized spacial score (nSPS) is 12.4. The SMILES string of the molecule is Cc1ccc(C(CCc2ccccn2)NN)c(F)c1F. The minimum Gasteiger partial charge on any atom is -0.271 e. The monoisotopic (exact) mass is 277 g/mol. The maximum atomic E-state index is 13.9.